The normalized spacial score (nSPS) is 10.8. The predicted molar refractivity (Wildman–Crippen MR) is 92.9 cm³/mol. The van der Waals surface area contributed by atoms with Crippen LogP contribution in [-0.4, -0.2) is 40.2 Å². The average molecular weight is 346 g/mol. The van der Waals surface area contributed by atoms with Crippen LogP contribution in [0.1, 0.15) is 5.56 Å². The van der Waals surface area contributed by atoms with E-state index in [0.29, 0.717) is 27.7 Å². The van der Waals surface area contributed by atoms with Gasteiger partial charge in [0, 0.05) is 24.5 Å². The zero-order valence-electron chi connectivity index (χ0n) is 13.4. The van der Waals surface area contributed by atoms with Gasteiger partial charge in [-0.05, 0) is 36.8 Å². The molecule has 8 heteroatoms. The lowest BCUT2D eigenvalue weighted by atomic mass is 10.2. The highest BCUT2D eigenvalue weighted by Gasteiger charge is 2.13. The summed E-state index contributed by atoms with van der Waals surface area (Å²) in [5, 5.41) is 4.32. The van der Waals surface area contributed by atoms with Gasteiger partial charge >= 0.3 is 6.03 Å². The summed E-state index contributed by atoms with van der Waals surface area (Å²) >= 11 is 6.29. The number of amides is 2. The Hall–Kier alpha value is -2.64. The Balaban J connectivity index is 1.97. The Morgan fingerprint density at radius 3 is 2.92 bits per heavy atom. The maximum Gasteiger partial charge on any atom is 0.345 e. The molecule has 0 unspecified atom stereocenters. The molecule has 124 valence electrons. The number of aromatic nitrogens is 3. The molecule has 0 saturated heterocycles. The number of nitrogens with zero attached hydrogens (tertiary/aromatic N) is 3. The minimum Gasteiger partial charge on any atom is -0.337 e. The van der Waals surface area contributed by atoms with Gasteiger partial charge in [-0.3, -0.25) is 4.84 Å². The molecule has 3 rings (SSSR count). The van der Waals surface area contributed by atoms with Gasteiger partial charge in [0.05, 0.1) is 17.6 Å². The fraction of sp³-hybridized carbons (Fsp3) is 0.188. The molecule has 1 aromatic carbocycles. The molecule has 0 radical (unpaired) electrons. The predicted octanol–water partition coefficient (Wildman–Crippen LogP) is 3.61. The van der Waals surface area contributed by atoms with Crippen molar-refractivity contribution in [2.45, 2.75) is 6.92 Å². The smallest absolute Gasteiger partial charge is 0.337 e. The number of fused-ring (bicyclic) bond motifs is 1. The number of hydroxylamine groups is 2. The van der Waals surface area contributed by atoms with Gasteiger partial charge in [0.25, 0.3) is 0 Å². The third kappa shape index (κ3) is 3.17. The number of nitrogens with one attached hydrogen (secondary N) is 2. The highest BCUT2D eigenvalue weighted by atomic mass is 35.5. The summed E-state index contributed by atoms with van der Waals surface area (Å²) in [6.45, 7) is 1.96. The van der Waals surface area contributed by atoms with E-state index in [4.69, 9.17) is 16.4 Å². The van der Waals surface area contributed by atoms with E-state index >= 15 is 0 Å². The minimum atomic E-state index is -0.396. The Morgan fingerprint density at radius 1 is 1.38 bits per heavy atom. The molecule has 2 aromatic heterocycles. The molecule has 3 aromatic rings. The van der Waals surface area contributed by atoms with Crippen molar-refractivity contribution in [1.82, 2.24) is 20.0 Å². The second kappa shape index (κ2) is 6.46. The van der Waals surface area contributed by atoms with E-state index in [1.54, 1.807) is 24.4 Å². The molecule has 0 saturated carbocycles. The van der Waals surface area contributed by atoms with Crippen LogP contribution in [0.5, 0.6) is 0 Å². The van der Waals surface area contributed by atoms with Crippen LogP contribution in [0.25, 0.3) is 22.6 Å². The fourth-order valence-electron chi connectivity index (χ4n) is 2.20. The molecule has 0 atom stereocenters. The van der Waals surface area contributed by atoms with Crippen LogP contribution in [0, 0.1) is 6.92 Å². The summed E-state index contributed by atoms with van der Waals surface area (Å²) < 4.78 is 0. The molecule has 0 aliphatic rings. The molecule has 2 N–H and O–H groups in total. The summed E-state index contributed by atoms with van der Waals surface area (Å²) in [5.74, 6) is 0.587. The van der Waals surface area contributed by atoms with Crippen LogP contribution in [0.15, 0.2) is 30.5 Å². The van der Waals surface area contributed by atoms with E-state index in [9.17, 15) is 4.79 Å². The summed E-state index contributed by atoms with van der Waals surface area (Å²) in [6.07, 6.45) is 1.76. The molecule has 2 heterocycles. The summed E-state index contributed by atoms with van der Waals surface area (Å²) in [4.78, 5) is 28.7. The Bertz CT molecular complexity index is 909. The first-order valence-electron chi connectivity index (χ1n) is 7.19. The molecule has 0 spiro atoms. The minimum absolute atomic E-state index is 0.396. The molecule has 24 heavy (non-hydrogen) atoms. The van der Waals surface area contributed by atoms with Crippen LogP contribution in [-0.2, 0) is 4.84 Å². The Kier molecular flexibility index (Phi) is 4.37. The number of anilines is 1. The second-order valence-corrected chi connectivity index (χ2v) is 5.68. The number of hydrogen-bond acceptors (Lipinski definition) is 4. The van der Waals surface area contributed by atoms with Gasteiger partial charge in [-0.25, -0.2) is 19.8 Å². The van der Waals surface area contributed by atoms with Crippen LogP contribution in [0.4, 0.5) is 10.5 Å². The summed E-state index contributed by atoms with van der Waals surface area (Å²) in [7, 11) is 2.93. The highest BCUT2D eigenvalue weighted by Crippen LogP contribution is 2.30. The Labute approximate surface area is 143 Å². The van der Waals surface area contributed by atoms with E-state index in [1.165, 1.54) is 14.2 Å². The third-order valence-corrected chi connectivity index (χ3v) is 3.84. The first kappa shape index (κ1) is 16.2. The monoisotopic (exact) mass is 345 g/mol. The standard InChI is InChI=1S/C16H16ClN5O2/c1-9-6-13-15(18-8-9)21-14(20-13)11-7-10(4-5-12(11)17)19-16(23)22(2)24-3/h4-8H,1-3H3,(H,19,23)(H,18,20,21). The quantitative estimate of drug-likeness (QED) is 0.710. The van der Waals surface area contributed by atoms with E-state index < -0.39 is 6.03 Å². The number of rotatable bonds is 3. The van der Waals surface area contributed by atoms with Crippen molar-refractivity contribution < 1.29 is 9.63 Å². The average Bonchev–Trinajstić information content (AvgIpc) is 2.98. The Morgan fingerprint density at radius 2 is 2.17 bits per heavy atom. The number of imidazole rings is 1. The van der Waals surface area contributed by atoms with Gasteiger partial charge < -0.3 is 10.3 Å². The number of H-pyrrole nitrogens is 1. The summed E-state index contributed by atoms with van der Waals surface area (Å²) in [5.41, 5.74) is 3.72. The number of urea groups is 1. The third-order valence-electron chi connectivity index (χ3n) is 3.51. The van der Waals surface area contributed by atoms with E-state index in [0.717, 1.165) is 16.1 Å². The topological polar surface area (TPSA) is 83.1 Å². The van der Waals surface area contributed by atoms with Crippen molar-refractivity contribution >= 4 is 34.5 Å². The molecule has 0 aliphatic heterocycles. The van der Waals surface area contributed by atoms with Crippen LogP contribution >= 0.6 is 11.6 Å². The lowest BCUT2D eigenvalue weighted by molar-refractivity contribution is -0.0598. The van der Waals surface area contributed by atoms with E-state index in [-0.39, 0.29) is 0 Å². The van der Waals surface area contributed by atoms with Gasteiger partial charge in [-0.1, -0.05) is 11.6 Å². The number of hydrogen-bond donors (Lipinski definition) is 2. The number of benzene rings is 1. The van der Waals surface area contributed by atoms with E-state index in [2.05, 4.69) is 20.3 Å². The first-order chi connectivity index (χ1) is 11.5. The largest absolute Gasteiger partial charge is 0.345 e. The van der Waals surface area contributed by atoms with Gasteiger partial charge in [-0.15, -0.1) is 0 Å². The van der Waals surface area contributed by atoms with Gasteiger partial charge in [-0.2, -0.15) is 0 Å². The van der Waals surface area contributed by atoms with Crippen LogP contribution < -0.4 is 5.32 Å². The molecule has 7 nitrogen and oxygen atoms in total. The van der Waals surface area contributed by atoms with E-state index in [1.807, 2.05) is 13.0 Å². The van der Waals surface area contributed by atoms with Gasteiger partial charge in [0.15, 0.2) is 5.65 Å². The van der Waals surface area contributed by atoms with Crippen LogP contribution in [0.2, 0.25) is 5.02 Å². The van der Waals surface area contributed by atoms with Gasteiger partial charge in [0.1, 0.15) is 5.82 Å². The van der Waals surface area contributed by atoms with Crippen molar-refractivity contribution in [3.63, 3.8) is 0 Å². The van der Waals surface area contributed by atoms with Gasteiger partial charge in [0.2, 0.25) is 0 Å². The first-order valence-corrected chi connectivity index (χ1v) is 7.57. The molecule has 0 bridgehead atoms. The zero-order chi connectivity index (χ0) is 17.3. The number of pyridine rings is 1. The molecule has 2 amide bonds. The number of carbonyl (C=O) groups is 1. The van der Waals surface area contributed by atoms with Crippen molar-refractivity contribution in [3.8, 4) is 11.4 Å². The zero-order valence-corrected chi connectivity index (χ0v) is 14.2. The molecular weight excluding hydrogens is 330 g/mol. The van der Waals surface area contributed by atoms with Crippen molar-refractivity contribution in [1.29, 1.82) is 0 Å². The number of halogens is 1. The van der Waals surface area contributed by atoms with Crippen molar-refractivity contribution in [2.24, 2.45) is 0 Å². The maximum absolute atomic E-state index is 11.9. The molecule has 0 fully saturated rings. The second-order valence-electron chi connectivity index (χ2n) is 5.27. The van der Waals surface area contributed by atoms with Crippen LogP contribution in [0.3, 0.4) is 0 Å². The SMILES string of the molecule is CON(C)C(=O)Nc1ccc(Cl)c(-c2nc3ncc(C)cc3[nH]2)c1. The fourth-order valence-corrected chi connectivity index (χ4v) is 2.41. The number of carbonyl (C=O) groups excluding carboxylic acids is 1. The summed E-state index contributed by atoms with van der Waals surface area (Å²) in [6, 6.07) is 6.72. The van der Waals surface area contributed by atoms with Crippen molar-refractivity contribution in [3.05, 3.63) is 41.0 Å². The maximum atomic E-state index is 11.9. The molecule has 0 aliphatic carbocycles. The lowest BCUT2D eigenvalue weighted by Gasteiger charge is -2.15. The number of aryl methyl sites for hydroxylation is 1. The number of aromatic amines is 1. The molecular formula is C16H16ClN5O2. The highest BCUT2D eigenvalue weighted by molar-refractivity contribution is 6.33. The lowest BCUT2D eigenvalue weighted by Crippen LogP contribution is -2.30. The van der Waals surface area contributed by atoms with Crippen molar-refractivity contribution in [2.75, 3.05) is 19.5 Å².